The van der Waals surface area contributed by atoms with E-state index in [2.05, 4.69) is 30.3 Å². The van der Waals surface area contributed by atoms with E-state index in [1.54, 1.807) is 18.4 Å². The number of rotatable bonds is 1. The topological polar surface area (TPSA) is 22.1 Å². The van der Waals surface area contributed by atoms with E-state index < -0.39 is 0 Å². The van der Waals surface area contributed by atoms with E-state index in [9.17, 15) is 0 Å². The first-order valence-corrected chi connectivity index (χ1v) is 6.93. The van der Waals surface area contributed by atoms with Gasteiger partial charge >= 0.3 is 0 Å². The average Bonchev–Trinajstić information content (AvgIpc) is 2.81. The van der Waals surface area contributed by atoms with Crippen molar-refractivity contribution < 1.29 is 4.74 Å². The van der Waals surface area contributed by atoms with Gasteiger partial charge in [-0.2, -0.15) is 0 Å². The molecule has 0 saturated carbocycles. The molecule has 0 spiro atoms. The molecule has 2 heterocycles. The van der Waals surface area contributed by atoms with E-state index in [1.807, 2.05) is 18.2 Å². The number of hydrogen-bond acceptors (Lipinski definition) is 3. The molecule has 0 unspecified atom stereocenters. The molecule has 2 nitrogen and oxygen atoms in total. The minimum atomic E-state index is 0.870. The number of aromatic nitrogens is 1. The second-order valence-corrected chi connectivity index (χ2v) is 5.58. The number of ether oxygens (including phenoxy) is 1. The van der Waals surface area contributed by atoms with Gasteiger partial charge in [0.15, 0.2) is 0 Å². The van der Waals surface area contributed by atoms with Gasteiger partial charge in [-0.05, 0) is 30.3 Å². The van der Waals surface area contributed by atoms with E-state index in [1.165, 1.54) is 14.8 Å². The molecular weight excluding hydrogens is 254 g/mol. The second kappa shape index (κ2) is 3.93. The summed E-state index contributed by atoms with van der Waals surface area (Å²) in [4.78, 5) is 4.80. The molecule has 0 fully saturated rings. The number of nitrogens with zero attached hydrogens (tertiary/aromatic N) is 1. The first kappa shape index (κ1) is 10.8. The molecule has 0 N–H and O–H groups in total. The van der Waals surface area contributed by atoms with Crippen molar-refractivity contribution in [3.63, 3.8) is 0 Å². The Bertz CT molecular complexity index is 910. The Morgan fingerprint density at radius 3 is 2.79 bits per heavy atom. The Labute approximate surface area is 114 Å². The second-order valence-electron chi connectivity index (χ2n) is 4.49. The van der Waals surface area contributed by atoms with Gasteiger partial charge in [0.1, 0.15) is 5.75 Å². The highest BCUT2D eigenvalue weighted by molar-refractivity contribution is 7.25. The summed E-state index contributed by atoms with van der Waals surface area (Å²) >= 11 is 1.79. The minimum absolute atomic E-state index is 0.870. The number of thiophene rings is 1. The van der Waals surface area contributed by atoms with Crippen LogP contribution in [0.25, 0.3) is 31.2 Å². The third kappa shape index (κ3) is 1.59. The maximum atomic E-state index is 5.27. The highest BCUT2D eigenvalue weighted by atomic mass is 32.1. The van der Waals surface area contributed by atoms with Gasteiger partial charge in [-0.3, -0.25) is 0 Å². The molecule has 19 heavy (non-hydrogen) atoms. The smallest absolute Gasteiger partial charge is 0.119 e. The van der Waals surface area contributed by atoms with Gasteiger partial charge in [-0.25, -0.2) is 4.98 Å². The van der Waals surface area contributed by atoms with Crippen LogP contribution >= 0.6 is 11.3 Å². The highest BCUT2D eigenvalue weighted by Crippen LogP contribution is 2.34. The van der Waals surface area contributed by atoms with Crippen molar-refractivity contribution in [2.45, 2.75) is 0 Å². The Morgan fingerprint density at radius 2 is 1.89 bits per heavy atom. The fourth-order valence-corrected chi connectivity index (χ4v) is 3.50. The van der Waals surface area contributed by atoms with Crippen LogP contribution in [-0.4, -0.2) is 12.1 Å². The van der Waals surface area contributed by atoms with Gasteiger partial charge in [-0.15, -0.1) is 11.3 Å². The summed E-state index contributed by atoms with van der Waals surface area (Å²) in [5, 5.41) is 2.36. The van der Waals surface area contributed by atoms with Gasteiger partial charge in [0.2, 0.25) is 0 Å². The molecule has 0 aliphatic carbocycles. The van der Waals surface area contributed by atoms with Crippen LogP contribution in [0.3, 0.4) is 0 Å². The van der Waals surface area contributed by atoms with Crippen molar-refractivity contribution in [1.82, 2.24) is 4.98 Å². The van der Waals surface area contributed by atoms with Crippen molar-refractivity contribution in [2.75, 3.05) is 7.11 Å². The van der Waals surface area contributed by atoms with Gasteiger partial charge in [-0.1, -0.05) is 18.2 Å². The van der Waals surface area contributed by atoms with E-state index in [0.29, 0.717) is 0 Å². The standard InChI is InChI=1S/C16H11NOS/c1-18-11-6-7-13-10(8-11)9-15-16(17-13)12-4-2-3-5-14(12)19-15/h2-9H,1H3. The normalized spacial score (nSPS) is 11.4. The molecule has 2 aromatic carbocycles. The van der Waals surface area contributed by atoms with Crippen LogP contribution in [0, 0.1) is 0 Å². The summed E-state index contributed by atoms with van der Waals surface area (Å²) in [6.07, 6.45) is 0. The number of methoxy groups -OCH3 is 1. The SMILES string of the molecule is COc1ccc2nc3c(cc2c1)sc1ccccc13. The zero-order chi connectivity index (χ0) is 12.8. The van der Waals surface area contributed by atoms with E-state index in [4.69, 9.17) is 9.72 Å². The Balaban J connectivity index is 2.15. The number of pyridine rings is 1. The lowest BCUT2D eigenvalue weighted by atomic mass is 10.1. The monoisotopic (exact) mass is 265 g/mol. The molecule has 92 valence electrons. The summed E-state index contributed by atoms with van der Waals surface area (Å²) in [6.45, 7) is 0. The molecule has 0 amide bonds. The Kier molecular flexibility index (Phi) is 2.23. The lowest BCUT2D eigenvalue weighted by Crippen LogP contribution is -1.84. The Morgan fingerprint density at radius 1 is 1.00 bits per heavy atom. The summed E-state index contributed by atoms with van der Waals surface area (Å²) < 4.78 is 7.78. The molecule has 0 aliphatic heterocycles. The van der Waals surface area contributed by atoms with Gasteiger partial charge in [0.25, 0.3) is 0 Å². The van der Waals surface area contributed by atoms with Crippen LogP contribution in [0.5, 0.6) is 5.75 Å². The summed E-state index contributed by atoms with van der Waals surface area (Å²) in [5.41, 5.74) is 2.11. The molecule has 0 bridgehead atoms. The lowest BCUT2D eigenvalue weighted by molar-refractivity contribution is 0.415. The van der Waals surface area contributed by atoms with Crippen LogP contribution in [0.4, 0.5) is 0 Å². The van der Waals surface area contributed by atoms with E-state index >= 15 is 0 Å². The number of fused-ring (bicyclic) bond motifs is 4. The van der Waals surface area contributed by atoms with Crippen LogP contribution in [0.15, 0.2) is 48.5 Å². The fraction of sp³-hybridized carbons (Fsp3) is 0.0625. The zero-order valence-corrected chi connectivity index (χ0v) is 11.2. The van der Waals surface area contributed by atoms with Crippen LogP contribution in [0.2, 0.25) is 0 Å². The van der Waals surface area contributed by atoms with Crippen molar-refractivity contribution >= 4 is 42.5 Å². The van der Waals surface area contributed by atoms with Gasteiger partial charge < -0.3 is 4.74 Å². The van der Waals surface area contributed by atoms with Crippen LogP contribution < -0.4 is 4.74 Å². The van der Waals surface area contributed by atoms with E-state index in [-0.39, 0.29) is 0 Å². The molecule has 0 radical (unpaired) electrons. The predicted molar refractivity (Wildman–Crippen MR) is 81.2 cm³/mol. The summed E-state index contributed by atoms with van der Waals surface area (Å²) in [7, 11) is 1.69. The highest BCUT2D eigenvalue weighted by Gasteiger charge is 2.07. The third-order valence-electron chi connectivity index (χ3n) is 3.35. The minimum Gasteiger partial charge on any atom is -0.497 e. The van der Waals surface area contributed by atoms with Gasteiger partial charge in [0, 0.05) is 15.5 Å². The quantitative estimate of drug-likeness (QED) is 0.501. The predicted octanol–water partition coefficient (Wildman–Crippen LogP) is 4.61. The maximum absolute atomic E-state index is 5.27. The molecule has 0 aliphatic rings. The molecule has 4 rings (SSSR count). The molecule has 0 saturated heterocycles. The lowest BCUT2D eigenvalue weighted by Gasteiger charge is -2.02. The van der Waals surface area contributed by atoms with Crippen LogP contribution in [-0.2, 0) is 0 Å². The first-order chi connectivity index (χ1) is 9.35. The maximum Gasteiger partial charge on any atom is 0.119 e. The van der Waals surface area contributed by atoms with Crippen molar-refractivity contribution in [1.29, 1.82) is 0 Å². The molecule has 3 heteroatoms. The zero-order valence-electron chi connectivity index (χ0n) is 10.4. The summed E-state index contributed by atoms with van der Waals surface area (Å²) in [5.74, 6) is 0.870. The Hall–Kier alpha value is -2.13. The largest absolute Gasteiger partial charge is 0.497 e. The van der Waals surface area contributed by atoms with E-state index in [0.717, 1.165) is 22.2 Å². The average molecular weight is 265 g/mol. The van der Waals surface area contributed by atoms with Crippen molar-refractivity contribution in [3.05, 3.63) is 48.5 Å². The fourth-order valence-electron chi connectivity index (χ4n) is 2.40. The van der Waals surface area contributed by atoms with Gasteiger partial charge in [0.05, 0.1) is 22.8 Å². The van der Waals surface area contributed by atoms with Crippen molar-refractivity contribution in [3.8, 4) is 5.75 Å². The number of benzene rings is 2. The van der Waals surface area contributed by atoms with Crippen LogP contribution in [0.1, 0.15) is 0 Å². The molecule has 2 aromatic heterocycles. The first-order valence-electron chi connectivity index (χ1n) is 6.11. The van der Waals surface area contributed by atoms with Crippen molar-refractivity contribution in [2.24, 2.45) is 0 Å². The molecular formula is C16H11NOS. The molecule has 0 atom stereocenters. The number of hydrogen-bond donors (Lipinski definition) is 0. The molecule has 4 aromatic rings. The third-order valence-corrected chi connectivity index (χ3v) is 4.46. The summed E-state index contributed by atoms with van der Waals surface area (Å²) in [6, 6.07) is 16.6.